The predicted octanol–water partition coefficient (Wildman–Crippen LogP) is 0.0185. The number of fused-ring (bicyclic) bond motifs is 1. The molecule has 0 fully saturated rings. The summed E-state index contributed by atoms with van der Waals surface area (Å²) < 4.78 is 1.71. The van der Waals surface area contributed by atoms with Gasteiger partial charge in [-0.25, -0.2) is 9.97 Å². The molecule has 0 saturated heterocycles. The summed E-state index contributed by atoms with van der Waals surface area (Å²) in [6, 6.07) is 3.45. The summed E-state index contributed by atoms with van der Waals surface area (Å²) in [5.41, 5.74) is 3.52. The molecular weight excluding hydrogens is 255 g/mol. The second kappa shape index (κ2) is 4.70. The van der Waals surface area contributed by atoms with E-state index in [0.29, 0.717) is 16.5 Å². The van der Waals surface area contributed by atoms with Crippen LogP contribution >= 0.6 is 0 Å². The van der Waals surface area contributed by atoms with E-state index in [1.54, 1.807) is 16.9 Å². The van der Waals surface area contributed by atoms with Gasteiger partial charge in [0.25, 0.3) is 0 Å². The van der Waals surface area contributed by atoms with Gasteiger partial charge >= 0.3 is 7.12 Å². The van der Waals surface area contributed by atoms with Crippen molar-refractivity contribution < 1.29 is 10.0 Å². The number of rotatable bonds is 2. The second-order valence-electron chi connectivity index (χ2n) is 4.70. The SMILES string of the molecule is Cc1cc2c(B(O)O)ccnc2nc1-c1cnn(C)c1. The van der Waals surface area contributed by atoms with Crippen LogP contribution in [-0.2, 0) is 7.05 Å². The molecule has 0 radical (unpaired) electrons. The molecule has 3 heterocycles. The molecule has 0 aliphatic heterocycles. The molecule has 0 atom stereocenters. The third-order valence-corrected chi connectivity index (χ3v) is 3.21. The van der Waals surface area contributed by atoms with E-state index in [9.17, 15) is 10.0 Å². The summed E-state index contributed by atoms with van der Waals surface area (Å²) in [4.78, 5) is 8.71. The van der Waals surface area contributed by atoms with Crippen molar-refractivity contribution in [2.75, 3.05) is 0 Å². The van der Waals surface area contributed by atoms with E-state index in [2.05, 4.69) is 15.1 Å². The van der Waals surface area contributed by atoms with Gasteiger partial charge in [-0.3, -0.25) is 4.68 Å². The predicted molar refractivity (Wildman–Crippen MR) is 76.3 cm³/mol. The summed E-state index contributed by atoms with van der Waals surface area (Å²) >= 11 is 0. The van der Waals surface area contributed by atoms with Crippen LogP contribution in [0.1, 0.15) is 5.56 Å². The number of aryl methyl sites for hydroxylation is 2. The quantitative estimate of drug-likeness (QED) is 0.640. The molecule has 2 N–H and O–H groups in total. The zero-order valence-electron chi connectivity index (χ0n) is 11.1. The van der Waals surface area contributed by atoms with E-state index in [4.69, 9.17) is 0 Å². The van der Waals surface area contributed by atoms with Gasteiger partial charge in [-0.05, 0) is 30.1 Å². The average molecular weight is 268 g/mol. The highest BCUT2D eigenvalue weighted by molar-refractivity contribution is 6.61. The van der Waals surface area contributed by atoms with Gasteiger partial charge in [0.1, 0.15) is 0 Å². The van der Waals surface area contributed by atoms with Gasteiger partial charge in [-0.15, -0.1) is 0 Å². The van der Waals surface area contributed by atoms with Crippen molar-refractivity contribution in [3.63, 3.8) is 0 Å². The average Bonchev–Trinajstić information content (AvgIpc) is 2.83. The van der Waals surface area contributed by atoms with Crippen molar-refractivity contribution in [2.24, 2.45) is 7.05 Å². The van der Waals surface area contributed by atoms with Gasteiger partial charge in [0, 0.05) is 30.4 Å². The van der Waals surface area contributed by atoms with E-state index in [-0.39, 0.29) is 0 Å². The molecule has 0 unspecified atom stereocenters. The Hall–Kier alpha value is -2.25. The number of aromatic nitrogens is 4. The summed E-state index contributed by atoms with van der Waals surface area (Å²) in [5.74, 6) is 0. The van der Waals surface area contributed by atoms with E-state index in [1.807, 2.05) is 26.2 Å². The standard InChI is InChI=1S/C13H13BN4O2/c1-8-5-10-11(14(19)20)3-4-15-13(10)17-12(8)9-6-16-18(2)7-9/h3-7,19-20H,1-2H3. The lowest BCUT2D eigenvalue weighted by atomic mass is 9.78. The molecule has 0 aliphatic carbocycles. The van der Waals surface area contributed by atoms with E-state index in [0.717, 1.165) is 16.8 Å². The monoisotopic (exact) mass is 268 g/mol. The van der Waals surface area contributed by atoms with E-state index < -0.39 is 7.12 Å². The van der Waals surface area contributed by atoms with Crippen LogP contribution in [0.25, 0.3) is 22.3 Å². The van der Waals surface area contributed by atoms with Crippen molar-refractivity contribution in [3.05, 3.63) is 36.3 Å². The first-order valence-corrected chi connectivity index (χ1v) is 6.17. The zero-order valence-corrected chi connectivity index (χ0v) is 11.1. The van der Waals surface area contributed by atoms with Crippen LogP contribution in [-0.4, -0.2) is 36.9 Å². The fourth-order valence-electron chi connectivity index (χ4n) is 2.25. The molecule has 7 heteroatoms. The molecule has 3 aromatic rings. The maximum atomic E-state index is 9.39. The Morgan fingerprint density at radius 2 is 2.10 bits per heavy atom. The fourth-order valence-corrected chi connectivity index (χ4v) is 2.25. The van der Waals surface area contributed by atoms with E-state index >= 15 is 0 Å². The molecule has 6 nitrogen and oxygen atoms in total. The normalized spacial score (nSPS) is 11.0. The molecule has 0 aliphatic rings. The summed E-state index contributed by atoms with van der Waals surface area (Å²) in [7, 11) is 0.309. The van der Waals surface area contributed by atoms with Crippen LogP contribution in [0.2, 0.25) is 0 Å². The minimum absolute atomic E-state index is 0.406. The van der Waals surface area contributed by atoms with Gasteiger partial charge in [-0.2, -0.15) is 5.10 Å². The molecule has 0 spiro atoms. The Morgan fingerprint density at radius 3 is 2.75 bits per heavy atom. The van der Waals surface area contributed by atoms with Crippen molar-refractivity contribution in [3.8, 4) is 11.3 Å². The zero-order chi connectivity index (χ0) is 14.3. The fraction of sp³-hybridized carbons (Fsp3) is 0.154. The van der Waals surface area contributed by atoms with Crippen molar-refractivity contribution in [2.45, 2.75) is 6.92 Å². The van der Waals surface area contributed by atoms with Gasteiger partial charge in [0.2, 0.25) is 0 Å². The molecule has 3 rings (SSSR count). The smallest absolute Gasteiger partial charge is 0.423 e. The summed E-state index contributed by atoms with van der Waals surface area (Å²) in [6.07, 6.45) is 5.14. The maximum absolute atomic E-state index is 9.39. The lowest BCUT2D eigenvalue weighted by molar-refractivity contribution is 0.426. The van der Waals surface area contributed by atoms with Gasteiger partial charge in [0.15, 0.2) is 5.65 Å². The molecular formula is C13H13BN4O2. The van der Waals surface area contributed by atoms with Crippen LogP contribution in [0.15, 0.2) is 30.7 Å². The highest BCUT2D eigenvalue weighted by Crippen LogP contribution is 2.23. The van der Waals surface area contributed by atoms with Crippen LogP contribution in [0.5, 0.6) is 0 Å². The first-order valence-electron chi connectivity index (χ1n) is 6.17. The van der Waals surface area contributed by atoms with Gasteiger partial charge in [-0.1, -0.05) is 0 Å². The first kappa shape index (κ1) is 12.8. The number of hydrogen-bond donors (Lipinski definition) is 2. The number of pyridine rings is 2. The number of hydrogen-bond acceptors (Lipinski definition) is 5. The highest BCUT2D eigenvalue weighted by Gasteiger charge is 2.17. The minimum atomic E-state index is -1.54. The second-order valence-corrected chi connectivity index (χ2v) is 4.70. The Morgan fingerprint density at radius 1 is 1.30 bits per heavy atom. The highest BCUT2D eigenvalue weighted by atomic mass is 16.4. The van der Waals surface area contributed by atoms with Crippen LogP contribution < -0.4 is 5.46 Å². The Balaban J connectivity index is 2.25. The Kier molecular flexibility index (Phi) is 3.00. The van der Waals surface area contributed by atoms with Gasteiger partial charge < -0.3 is 10.0 Å². The molecule has 0 aromatic carbocycles. The molecule has 0 saturated carbocycles. The van der Waals surface area contributed by atoms with Crippen molar-refractivity contribution in [1.29, 1.82) is 0 Å². The van der Waals surface area contributed by atoms with Crippen LogP contribution in [0, 0.1) is 6.92 Å². The topological polar surface area (TPSA) is 84.1 Å². The van der Waals surface area contributed by atoms with Crippen LogP contribution in [0.4, 0.5) is 0 Å². The summed E-state index contributed by atoms with van der Waals surface area (Å²) in [5, 5.41) is 23.6. The first-order chi connectivity index (χ1) is 9.56. The van der Waals surface area contributed by atoms with Crippen LogP contribution in [0.3, 0.4) is 0 Å². The molecule has 100 valence electrons. The molecule has 3 aromatic heterocycles. The molecule has 0 amide bonds. The lowest BCUT2D eigenvalue weighted by Crippen LogP contribution is -2.30. The maximum Gasteiger partial charge on any atom is 0.489 e. The van der Waals surface area contributed by atoms with Crippen molar-refractivity contribution in [1.82, 2.24) is 19.7 Å². The third kappa shape index (κ3) is 2.07. The molecule has 0 bridgehead atoms. The largest absolute Gasteiger partial charge is 0.489 e. The lowest BCUT2D eigenvalue weighted by Gasteiger charge is -2.08. The molecule has 20 heavy (non-hydrogen) atoms. The van der Waals surface area contributed by atoms with Gasteiger partial charge in [0.05, 0.1) is 11.9 Å². The van der Waals surface area contributed by atoms with Crippen molar-refractivity contribution >= 4 is 23.6 Å². The van der Waals surface area contributed by atoms with E-state index in [1.165, 1.54) is 6.20 Å². The number of nitrogens with zero attached hydrogens (tertiary/aromatic N) is 4. The Labute approximate surface area is 115 Å². The Bertz CT molecular complexity index is 785. The minimum Gasteiger partial charge on any atom is -0.423 e. The summed E-state index contributed by atoms with van der Waals surface area (Å²) in [6.45, 7) is 1.93. The third-order valence-electron chi connectivity index (χ3n) is 3.21.